The zero-order valence-electron chi connectivity index (χ0n) is 13.9. The van der Waals surface area contributed by atoms with E-state index in [1.807, 2.05) is 11.3 Å². The third-order valence-corrected chi connectivity index (χ3v) is 6.81. The number of nitrogens with zero attached hydrogens (tertiary/aromatic N) is 1. The lowest BCUT2D eigenvalue weighted by Gasteiger charge is -2.42. The van der Waals surface area contributed by atoms with Crippen LogP contribution >= 0.6 is 11.3 Å². The van der Waals surface area contributed by atoms with Crippen molar-refractivity contribution in [3.8, 4) is 0 Å². The van der Waals surface area contributed by atoms with Gasteiger partial charge in [0.15, 0.2) is 0 Å². The van der Waals surface area contributed by atoms with Crippen LogP contribution in [0.4, 0.5) is 0 Å². The minimum Gasteiger partial charge on any atom is -0.305 e. The molecule has 0 bridgehead atoms. The number of rotatable bonds is 5. The Morgan fingerprint density at radius 2 is 2.19 bits per heavy atom. The normalized spacial score (nSPS) is 29.0. The molecule has 1 heterocycles. The largest absolute Gasteiger partial charge is 0.305 e. The molecule has 118 valence electrons. The topological polar surface area (TPSA) is 24.9 Å². The lowest BCUT2D eigenvalue weighted by atomic mass is 9.72. The predicted octanol–water partition coefficient (Wildman–Crippen LogP) is 4.67. The van der Waals surface area contributed by atoms with Crippen LogP contribution in [0.1, 0.15) is 74.9 Å². The van der Waals surface area contributed by atoms with Crippen molar-refractivity contribution in [1.29, 1.82) is 0 Å². The molecule has 1 aromatic heterocycles. The van der Waals surface area contributed by atoms with Gasteiger partial charge in [-0.15, -0.1) is 11.3 Å². The smallest absolute Gasteiger partial charge is 0.113 e. The van der Waals surface area contributed by atoms with Crippen LogP contribution in [0.25, 0.3) is 0 Å². The highest BCUT2D eigenvalue weighted by Gasteiger charge is 2.41. The van der Waals surface area contributed by atoms with Gasteiger partial charge in [-0.3, -0.25) is 0 Å². The van der Waals surface area contributed by atoms with Crippen molar-refractivity contribution in [2.75, 3.05) is 6.54 Å². The maximum atomic E-state index is 5.09. The summed E-state index contributed by atoms with van der Waals surface area (Å²) in [5, 5.41) is 5.33. The third-order valence-electron chi connectivity index (χ3n) is 5.45. The number of fused-ring (bicyclic) bond motifs is 1. The van der Waals surface area contributed by atoms with Crippen molar-refractivity contribution in [3.63, 3.8) is 0 Å². The molecular weight excluding hydrogens is 276 g/mol. The number of aromatic nitrogens is 1. The lowest BCUT2D eigenvalue weighted by Crippen LogP contribution is -2.47. The van der Waals surface area contributed by atoms with E-state index in [0.717, 1.165) is 18.4 Å². The Balaban J connectivity index is 1.88. The number of hydrogen-bond acceptors (Lipinski definition) is 3. The predicted molar refractivity (Wildman–Crippen MR) is 90.9 cm³/mol. The summed E-state index contributed by atoms with van der Waals surface area (Å²) in [7, 11) is 0. The summed E-state index contributed by atoms with van der Waals surface area (Å²) in [6.45, 7) is 8.17. The molecule has 1 saturated carbocycles. The van der Waals surface area contributed by atoms with Gasteiger partial charge in [0.05, 0.1) is 11.2 Å². The van der Waals surface area contributed by atoms with E-state index >= 15 is 0 Å². The number of hydrogen-bond donors (Lipinski definition) is 1. The molecule has 3 heteroatoms. The van der Waals surface area contributed by atoms with E-state index < -0.39 is 0 Å². The Bertz CT molecular complexity index is 458. The lowest BCUT2D eigenvalue weighted by molar-refractivity contribution is 0.147. The average Bonchev–Trinajstić information content (AvgIpc) is 3.07. The fourth-order valence-electron chi connectivity index (χ4n) is 4.08. The van der Waals surface area contributed by atoms with Gasteiger partial charge in [0, 0.05) is 4.88 Å². The first-order valence-electron chi connectivity index (χ1n) is 8.88. The molecule has 2 atom stereocenters. The third kappa shape index (κ3) is 3.05. The van der Waals surface area contributed by atoms with Crippen LogP contribution < -0.4 is 5.32 Å². The van der Waals surface area contributed by atoms with Gasteiger partial charge in [-0.05, 0) is 56.9 Å². The van der Waals surface area contributed by atoms with Crippen LogP contribution in [0.2, 0.25) is 0 Å². The molecule has 1 N–H and O–H groups in total. The van der Waals surface area contributed by atoms with Gasteiger partial charge in [-0.25, -0.2) is 4.98 Å². The maximum absolute atomic E-state index is 5.09. The number of nitrogens with one attached hydrogen (secondary N) is 1. The highest BCUT2D eigenvalue weighted by Crippen LogP contribution is 2.45. The van der Waals surface area contributed by atoms with E-state index in [4.69, 9.17) is 4.98 Å². The molecule has 2 aliphatic carbocycles. The molecule has 1 fully saturated rings. The number of aryl methyl sites for hydroxylation is 2. The standard InChI is InChI=1S/C18H30N2S/c1-4-11-19-18(10-6-7-14(12-18)13(2)3)17-20-15-8-5-9-16(15)21-17/h13-14,19H,4-12H2,1-3H3. The molecule has 0 aliphatic heterocycles. The van der Waals surface area contributed by atoms with Gasteiger partial charge in [-0.2, -0.15) is 0 Å². The first kappa shape index (κ1) is 15.5. The molecule has 0 spiro atoms. The number of thiazole rings is 1. The van der Waals surface area contributed by atoms with Crippen LogP contribution in [0.3, 0.4) is 0 Å². The second-order valence-corrected chi connectivity index (χ2v) is 8.44. The van der Waals surface area contributed by atoms with Gasteiger partial charge < -0.3 is 5.32 Å². The second kappa shape index (κ2) is 6.37. The molecule has 0 saturated heterocycles. The zero-order valence-corrected chi connectivity index (χ0v) is 14.7. The summed E-state index contributed by atoms with van der Waals surface area (Å²) >= 11 is 2.02. The monoisotopic (exact) mass is 306 g/mol. The van der Waals surface area contributed by atoms with Crippen molar-refractivity contribution >= 4 is 11.3 Å². The van der Waals surface area contributed by atoms with Gasteiger partial charge in [-0.1, -0.05) is 33.6 Å². The SMILES string of the molecule is CCCNC1(c2nc3c(s2)CCC3)CCCC(C(C)C)C1. The summed E-state index contributed by atoms with van der Waals surface area (Å²) < 4.78 is 0. The van der Waals surface area contributed by atoms with E-state index in [1.165, 1.54) is 62.1 Å². The van der Waals surface area contributed by atoms with Crippen molar-refractivity contribution in [3.05, 3.63) is 15.6 Å². The van der Waals surface area contributed by atoms with Crippen molar-refractivity contribution in [2.45, 2.75) is 77.7 Å². The summed E-state index contributed by atoms with van der Waals surface area (Å²) in [5.74, 6) is 1.64. The van der Waals surface area contributed by atoms with Crippen molar-refractivity contribution in [1.82, 2.24) is 10.3 Å². The van der Waals surface area contributed by atoms with E-state index in [2.05, 4.69) is 26.1 Å². The van der Waals surface area contributed by atoms with Crippen LogP contribution in [-0.4, -0.2) is 11.5 Å². The fraction of sp³-hybridized carbons (Fsp3) is 0.833. The first-order valence-corrected chi connectivity index (χ1v) is 9.70. The Morgan fingerprint density at radius 3 is 2.90 bits per heavy atom. The second-order valence-electron chi connectivity index (χ2n) is 7.35. The van der Waals surface area contributed by atoms with Crippen LogP contribution in [-0.2, 0) is 18.4 Å². The van der Waals surface area contributed by atoms with Crippen LogP contribution in [0, 0.1) is 11.8 Å². The van der Waals surface area contributed by atoms with Gasteiger partial charge in [0.25, 0.3) is 0 Å². The summed E-state index contributed by atoms with van der Waals surface area (Å²) in [6, 6.07) is 0. The first-order chi connectivity index (χ1) is 10.1. The molecule has 0 radical (unpaired) electrons. The van der Waals surface area contributed by atoms with Crippen molar-refractivity contribution < 1.29 is 0 Å². The molecule has 3 rings (SSSR count). The molecule has 1 aromatic rings. The van der Waals surface area contributed by atoms with Gasteiger partial charge >= 0.3 is 0 Å². The van der Waals surface area contributed by atoms with E-state index in [-0.39, 0.29) is 5.54 Å². The maximum Gasteiger partial charge on any atom is 0.113 e. The summed E-state index contributed by atoms with van der Waals surface area (Å²) in [6.07, 6.45) is 10.3. The molecule has 0 aromatic carbocycles. The molecule has 2 nitrogen and oxygen atoms in total. The fourth-order valence-corrected chi connectivity index (χ4v) is 5.43. The summed E-state index contributed by atoms with van der Waals surface area (Å²) in [4.78, 5) is 6.67. The minimum absolute atomic E-state index is 0.179. The van der Waals surface area contributed by atoms with Gasteiger partial charge in [0.2, 0.25) is 0 Å². The van der Waals surface area contributed by atoms with Gasteiger partial charge in [0.1, 0.15) is 5.01 Å². The quantitative estimate of drug-likeness (QED) is 0.855. The van der Waals surface area contributed by atoms with E-state index in [9.17, 15) is 0 Å². The molecule has 2 aliphatic rings. The molecular formula is C18H30N2S. The average molecular weight is 307 g/mol. The van der Waals surface area contributed by atoms with Crippen LogP contribution in [0.15, 0.2) is 0 Å². The highest BCUT2D eigenvalue weighted by atomic mass is 32.1. The zero-order chi connectivity index (χ0) is 14.9. The Kier molecular flexibility index (Phi) is 4.70. The van der Waals surface area contributed by atoms with Crippen molar-refractivity contribution in [2.24, 2.45) is 11.8 Å². The Morgan fingerprint density at radius 1 is 1.33 bits per heavy atom. The molecule has 0 amide bonds. The molecule has 2 unspecified atom stereocenters. The highest BCUT2D eigenvalue weighted by molar-refractivity contribution is 7.12. The van der Waals surface area contributed by atoms with E-state index in [0.29, 0.717) is 0 Å². The molecule has 21 heavy (non-hydrogen) atoms. The van der Waals surface area contributed by atoms with E-state index in [1.54, 1.807) is 4.88 Å². The Hall–Kier alpha value is -0.410. The minimum atomic E-state index is 0.179. The Labute approximate surface area is 133 Å². The van der Waals surface area contributed by atoms with Crippen LogP contribution in [0.5, 0.6) is 0 Å². The summed E-state index contributed by atoms with van der Waals surface area (Å²) in [5.41, 5.74) is 1.59.